The van der Waals surface area contributed by atoms with E-state index in [1.807, 2.05) is 18.5 Å². The third-order valence-corrected chi connectivity index (χ3v) is 8.80. The molecule has 2 fully saturated rings. The molecule has 0 aromatic carbocycles. The fraction of sp³-hybridized carbons (Fsp3) is 0.667. The molecule has 4 aliphatic rings. The third-order valence-electron chi connectivity index (χ3n) is 8.80. The summed E-state index contributed by atoms with van der Waals surface area (Å²) in [5.74, 6) is 3.70. The highest BCUT2D eigenvalue weighted by Gasteiger charge is 2.58. The van der Waals surface area contributed by atoms with Crippen molar-refractivity contribution in [2.75, 3.05) is 0 Å². The maximum Gasteiger partial charge on any atom is 0.155 e. The molecule has 0 unspecified atom stereocenters. The number of aromatic nitrogens is 2. The monoisotopic (exact) mass is 364 g/mol. The topological polar surface area (TPSA) is 46.0 Å². The smallest absolute Gasteiger partial charge is 0.155 e. The van der Waals surface area contributed by atoms with Crippen LogP contribution in [0.1, 0.15) is 65.1 Å². The average Bonchev–Trinajstić information content (AvgIpc) is 3.01. The number of aliphatic hydroxyl groups excluding tert-OH is 1. The summed E-state index contributed by atoms with van der Waals surface area (Å²) in [5, 5.41) is 10.2. The highest BCUT2D eigenvalue weighted by Crippen LogP contribution is 2.67. The van der Waals surface area contributed by atoms with Crippen molar-refractivity contribution in [2.24, 2.45) is 34.5 Å². The molecule has 27 heavy (non-hydrogen) atoms. The summed E-state index contributed by atoms with van der Waals surface area (Å²) in [6.45, 7) is 7.40. The molecule has 1 aromatic rings. The first-order valence-corrected chi connectivity index (χ1v) is 10.8. The molecule has 144 valence electrons. The zero-order valence-electron chi connectivity index (χ0n) is 16.9. The van der Waals surface area contributed by atoms with Crippen LogP contribution in [-0.2, 0) is 0 Å². The minimum atomic E-state index is -0.128. The van der Waals surface area contributed by atoms with Crippen molar-refractivity contribution < 1.29 is 5.11 Å². The Labute approximate surface area is 163 Å². The van der Waals surface area contributed by atoms with E-state index in [0.717, 1.165) is 43.3 Å². The van der Waals surface area contributed by atoms with Gasteiger partial charge in [0.05, 0.1) is 6.10 Å². The molecule has 2 saturated carbocycles. The standard InChI is InChI=1S/C24H32N2O/c1-15-13-16-14-17(27)7-9-23(16,2)19-8-10-24(3)18(21(15)19)5-6-20(24)22-25-11-4-12-26-22/h4,6,11-13,15,17-19,21,27H,5,7-10,14H2,1-3H3/t15-,17-,18+,19+,21+,23+,24+/m1/s1. The van der Waals surface area contributed by atoms with Crippen molar-refractivity contribution in [2.45, 2.75) is 65.4 Å². The molecular weight excluding hydrogens is 332 g/mol. The Morgan fingerprint density at radius 2 is 1.78 bits per heavy atom. The lowest BCUT2D eigenvalue weighted by atomic mass is 9.45. The predicted octanol–water partition coefficient (Wildman–Crippen LogP) is 5.04. The summed E-state index contributed by atoms with van der Waals surface area (Å²) in [5.41, 5.74) is 3.44. The van der Waals surface area contributed by atoms with E-state index in [0.29, 0.717) is 17.3 Å². The van der Waals surface area contributed by atoms with Gasteiger partial charge in [-0.05, 0) is 84.7 Å². The summed E-state index contributed by atoms with van der Waals surface area (Å²) in [6, 6.07) is 1.91. The summed E-state index contributed by atoms with van der Waals surface area (Å²) >= 11 is 0. The minimum Gasteiger partial charge on any atom is -0.393 e. The molecule has 4 aliphatic carbocycles. The van der Waals surface area contributed by atoms with Gasteiger partial charge in [0.2, 0.25) is 0 Å². The van der Waals surface area contributed by atoms with E-state index >= 15 is 0 Å². The molecular formula is C24H32N2O. The molecule has 7 atom stereocenters. The van der Waals surface area contributed by atoms with Crippen LogP contribution in [0.2, 0.25) is 0 Å². The maximum atomic E-state index is 10.2. The molecule has 0 aliphatic heterocycles. The molecule has 0 bridgehead atoms. The molecule has 0 radical (unpaired) electrons. The second kappa shape index (κ2) is 6.01. The quantitative estimate of drug-likeness (QED) is 0.710. The lowest BCUT2D eigenvalue weighted by Gasteiger charge is -2.59. The first-order valence-electron chi connectivity index (χ1n) is 10.8. The van der Waals surface area contributed by atoms with Gasteiger partial charge in [0.15, 0.2) is 5.82 Å². The van der Waals surface area contributed by atoms with Crippen LogP contribution in [-0.4, -0.2) is 21.2 Å². The number of hydrogen-bond donors (Lipinski definition) is 1. The fourth-order valence-corrected chi connectivity index (χ4v) is 7.36. The van der Waals surface area contributed by atoms with E-state index in [4.69, 9.17) is 0 Å². The molecule has 3 heteroatoms. The van der Waals surface area contributed by atoms with Crippen molar-refractivity contribution in [3.63, 3.8) is 0 Å². The van der Waals surface area contributed by atoms with Gasteiger partial charge in [-0.25, -0.2) is 9.97 Å². The number of rotatable bonds is 1. The van der Waals surface area contributed by atoms with Crippen LogP contribution < -0.4 is 0 Å². The van der Waals surface area contributed by atoms with Crippen molar-refractivity contribution in [3.8, 4) is 0 Å². The number of aliphatic hydroxyl groups is 1. The highest BCUT2D eigenvalue weighted by atomic mass is 16.3. The number of hydrogen-bond acceptors (Lipinski definition) is 3. The van der Waals surface area contributed by atoms with Gasteiger partial charge in [-0.3, -0.25) is 0 Å². The van der Waals surface area contributed by atoms with E-state index in [2.05, 4.69) is 42.9 Å². The summed E-state index contributed by atoms with van der Waals surface area (Å²) in [6.07, 6.45) is 15.3. The van der Waals surface area contributed by atoms with Gasteiger partial charge >= 0.3 is 0 Å². The second-order valence-electron chi connectivity index (χ2n) is 10.0. The predicted molar refractivity (Wildman–Crippen MR) is 108 cm³/mol. The molecule has 1 N–H and O–H groups in total. The van der Waals surface area contributed by atoms with Crippen LogP contribution in [0.25, 0.3) is 5.57 Å². The van der Waals surface area contributed by atoms with Crippen LogP contribution >= 0.6 is 0 Å². The van der Waals surface area contributed by atoms with Gasteiger partial charge in [-0.15, -0.1) is 0 Å². The molecule has 0 amide bonds. The zero-order valence-corrected chi connectivity index (χ0v) is 16.9. The Bertz CT molecular complexity index is 800. The molecule has 0 saturated heterocycles. The molecule has 5 rings (SSSR count). The largest absolute Gasteiger partial charge is 0.393 e. The van der Waals surface area contributed by atoms with Crippen LogP contribution in [0.5, 0.6) is 0 Å². The van der Waals surface area contributed by atoms with Gasteiger partial charge < -0.3 is 5.11 Å². The molecule has 0 spiro atoms. The summed E-state index contributed by atoms with van der Waals surface area (Å²) in [7, 11) is 0. The van der Waals surface area contributed by atoms with Crippen LogP contribution in [0.15, 0.2) is 36.2 Å². The van der Waals surface area contributed by atoms with E-state index in [1.54, 1.807) is 5.57 Å². The Morgan fingerprint density at radius 1 is 1.04 bits per heavy atom. The Kier molecular flexibility index (Phi) is 3.92. The van der Waals surface area contributed by atoms with Crippen molar-refractivity contribution >= 4 is 5.57 Å². The minimum absolute atomic E-state index is 0.128. The maximum absolute atomic E-state index is 10.2. The summed E-state index contributed by atoms with van der Waals surface area (Å²) < 4.78 is 0. The van der Waals surface area contributed by atoms with Crippen molar-refractivity contribution in [1.82, 2.24) is 9.97 Å². The van der Waals surface area contributed by atoms with Crippen LogP contribution in [0, 0.1) is 34.5 Å². The molecule has 3 nitrogen and oxygen atoms in total. The Hall–Kier alpha value is -1.48. The zero-order chi connectivity index (χ0) is 18.8. The van der Waals surface area contributed by atoms with Gasteiger partial charge in [-0.2, -0.15) is 0 Å². The first-order chi connectivity index (χ1) is 12.9. The lowest BCUT2D eigenvalue weighted by molar-refractivity contribution is -0.0426. The van der Waals surface area contributed by atoms with E-state index < -0.39 is 0 Å². The summed E-state index contributed by atoms with van der Waals surface area (Å²) in [4.78, 5) is 9.18. The normalized spacial score (nSPS) is 46.0. The number of allylic oxidation sites excluding steroid dienone is 3. The van der Waals surface area contributed by atoms with E-state index in [9.17, 15) is 5.11 Å². The Balaban J connectivity index is 1.52. The van der Waals surface area contributed by atoms with Gasteiger partial charge in [0, 0.05) is 12.4 Å². The average molecular weight is 365 g/mol. The third kappa shape index (κ3) is 2.43. The Morgan fingerprint density at radius 3 is 2.56 bits per heavy atom. The number of fused-ring (bicyclic) bond motifs is 5. The van der Waals surface area contributed by atoms with E-state index in [-0.39, 0.29) is 11.5 Å². The first kappa shape index (κ1) is 17.6. The lowest BCUT2D eigenvalue weighted by Crippen LogP contribution is -2.52. The number of nitrogens with zero attached hydrogens (tertiary/aromatic N) is 2. The fourth-order valence-electron chi connectivity index (χ4n) is 7.36. The van der Waals surface area contributed by atoms with Gasteiger partial charge in [0.25, 0.3) is 0 Å². The van der Waals surface area contributed by atoms with Crippen LogP contribution in [0.4, 0.5) is 0 Å². The van der Waals surface area contributed by atoms with E-state index in [1.165, 1.54) is 18.4 Å². The molecule has 1 aromatic heterocycles. The SMILES string of the molecule is C[C@@H]1C=C2C[C@H](O)CC[C@]2(C)[C@H]2CC[C@]3(C)C(c4ncccn4)=CC[C@H]3[C@H]12. The van der Waals surface area contributed by atoms with Crippen molar-refractivity contribution in [1.29, 1.82) is 0 Å². The van der Waals surface area contributed by atoms with Crippen LogP contribution in [0.3, 0.4) is 0 Å². The second-order valence-corrected chi connectivity index (χ2v) is 10.0. The van der Waals surface area contributed by atoms with Gasteiger partial charge in [-0.1, -0.05) is 38.5 Å². The van der Waals surface area contributed by atoms with Gasteiger partial charge in [0.1, 0.15) is 0 Å². The molecule has 1 heterocycles. The van der Waals surface area contributed by atoms with Crippen molar-refractivity contribution in [3.05, 3.63) is 42.0 Å². The highest BCUT2D eigenvalue weighted by molar-refractivity contribution is 5.68.